The minimum atomic E-state index is -0.506. The Kier molecular flexibility index (Phi) is 5.73. The van der Waals surface area contributed by atoms with Gasteiger partial charge in [-0.25, -0.2) is 4.99 Å². The van der Waals surface area contributed by atoms with Crippen LogP contribution in [0.2, 0.25) is 10.0 Å². The number of hydrogen-bond acceptors (Lipinski definition) is 6. The number of ether oxygens (including phenoxy) is 1. The number of nitrogens with zero attached hydrogens (tertiary/aromatic N) is 3. The molecule has 0 saturated carbocycles. The van der Waals surface area contributed by atoms with Gasteiger partial charge in [0.15, 0.2) is 0 Å². The van der Waals surface area contributed by atoms with Gasteiger partial charge in [-0.15, -0.1) is 11.8 Å². The molecule has 150 valence electrons. The number of halogens is 2. The summed E-state index contributed by atoms with van der Waals surface area (Å²) < 4.78 is 5.76. The SMILES string of the molecule is C[C@@H]1OCC2(CCN(C3=NC(=O)C(Sc4cccc(Cl)c4Cl)C=N3)CC2)[C@@H]1N. The third-order valence-corrected chi connectivity index (χ3v) is 7.94. The normalized spacial score (nSPS) is 29.4. The maximum absolute atomic E-state index is 12.6. The highest BCUT2D eigenvalue weighted by atomic mass is 35.5. The highest BCUT2D eigenvalue weighted by Crippen LogP contribution is 2.41. The van der Waals surface area contributed by atoms with Crippen LogP contribution in [0.3, 0.4) is 0 Å². The van der Waals surface area contributed by atoms with Gasteiger partial charge in [0.2, 0.25) is 5.96 Å². The average Bonchev–Trinajstić information content (AvgIpc) is 2.96. The molecule has 1 aromatic carbocycles. The zero-order valence-electron chi connectivity index (χ0n) is 15.5. The molecule has 28 heavy (non-hydrogen) atoms. The lowest BCUT2D eigenvalue weighted by atomic mass is 9.73. The topological polar surface area (TPSA) is 80.3 Å². The standard InChI is InChI=1S/C19H22Cl2N4O2S/c1-11-16(22)19(10-27-11)5-7-25(8-6-19)18-23-9-14(17(26)24-18)28-13-4-2-3-12(20)15(13)21/h2-4,9,11,14,16H,5-8,10,22H2,1H3/t11-,14?,16+/m0/s1. The van der Waals surface area contributed by atoms with E-state index in [1.54, 1.807) is 18.3 Å². The molecule has 6 nitrogen and oxygen atoms in total. The lowest BCUT2D eigenvalue weighted by Crippen LogP contribution is -2.52. The zero-order chi connectivity index (χ0) is 19.9. The van der Waals surface area contributed by atoms with Crippen molar-refractivity contribution in [3.63, 3.8) is 0 Å². The summed E-state index contributed by atoms with van der Waals surface area (Å²) in [6.45, 7) is 4.28. The Bertz CT molecular complexity index is 839. The van der Waals surface area contributed by atoms with Crippen LogP contribution < -0.4 is 5.73 Å². The van der Waals surface area contributed by atoms with Crippen molar-refractivity contribution in [3.8, 4) is 0 Å². The highest BCUT2D eigenvalue weighted by molar-refractivity contribution is 8.01. The Morgan fingerprint density at radius 2 is 2.07 bits per heavy atom. The second-order valence-corrected chi connectivity index (χ2v) is 9.48. The van der Waals surface area contributed by atoms with Crippen LogP contribution in [0.25, 0.3) is 0 Å². The van der Waals surface area contributed by atoms with Gasteiger partial charge in [-0.05, 0) is 31.9 Å². The van der Waals surface area contributed by atoms with Crippen molar-refractivity contribution in [1.82, 2.24) is 4.90 Å². The summed E-state index contributed by atoms with van der Waals surface area (Å²) in [5.41, 5.74) is 6.40. The fourth-order valence-corrected chi connectivity index (χ4v) is 5.37. The Labute approximate surface area is 178 Å². The number of piperidine rings is 1. The highest BCUT2D eigenvalue weighted by Gasteiger charge is 2.48. The third-order valence-electron chi connectivity index (χ3n) is 5.84. The number of nitrogens with two attached hydrogens (primary N) is 1. The molecule has 1 aromatic rings. The van der Waals surface area contributed by atoms with E-state index in [2.05, 4.69) is 14.9 Å². The van der Waals surface area contributed by atoms with Crippen LogP contribution in [0.15, 0.2) is 33.1 Å². The van der Waals surface area contributed by atoms with Crippen LogP contribution in [0.1, 0.15) is 19.8 Å². The first-order valence-corrected chi connectivity index (χ1v) is 10.9. The molecule has 3 aliphatic heterocycles. The van der Waals surface area contributed by atoms with Crippen molar-refractivity contribution in [2.24, 2.45) is 21.1 Å². The lowest BCUT2D eigenvalue weighted by molar-refractivity contribution is -0.116. The van der Waals surface area contributed by atoms with E-state index in [1.165, 1.54) is 11.8 Å². The molecule has 0 radical (unpaired) electrons. The van der Waals surface area contributed by atoms with E-state index in [0.717, 1.165) is 30.8 Å². The van der Waals surface area contributed by atoms with Crippen LogP contribution in [0.5, 0.6) is 0 Å². The summed E-state index contributed by atoms with van der Waals surface area (Å²) in [6, 6.07) is 5.40. The van der Waals surface area contributed by atoms with Gasteiger partial charge in [0.25, 0.3) is 5.91 Å². The first-order valence-electron chi connectivity index (χ1n) is 9.29. The number of rotatable bonds is 2. The lowest BCUT2D eigenvalue weighted by Gasteiger charge is -2.41. The number of amides is 1. The van der Waals surface area contributed by atoms with E-state index in [0.29, 0.717) is 22.6 Å². The number of benzene rings is 1. The molecular weight excluding hydrogens is 419 g/mol. The van der Waals surface area contributed by atoms with E-state index < -0.39 is 5.25 Å². The molecule has 3 heterocycles. The van der Waals surface area contributed by atoms with Crippen molar-refractivity contribution in [2.45, 2.75) is 42.1 Å². The van der Waals surface area contributed by atoms with Gasteiger partial charge in [-0.1, -0.05) is 29.3 Å². The van der Waals surface area contributed by atoms with E-state index in [4.69, 9.17) is 33.7 Å². The molecule has 1 unspecified atom stereocenters. The first-order chi connectivity index (χ1) is 13.4. The Morgan fingerprint density at radius 3 is 2.71 bits per heavy atom. The van der Waals surface area contributed by atoms with Gasteiger partial charge in [-0.3, -0.25) is 4.79 Å². The van der Waals surface area contributed by atoms with Gasteiger partial charge in [0.05, 0.1) is 22.8 Å². The maximum atomic E-state index is 12.6. The van der Waals surface area contributed by atoms with Crippen molar-refractivity contribution >= 4 is 53.0 Å². The van der Waals surface area contributed by atoms with E-state index in [9.17, 15) is 4.79 Å². The molecule has 2 fully saturated rings. The van der Waals surface area contributed by atoms with Crippen LogP contribution in [0, 0.1) is 5.41 Å². The monoisotopic (exact) mass is 440 g/mol. The minimum Gasteiger partial charge on any atom is -0.376 e. The summed E-state index contributed by atoms with van der Waals surface area (Å²) in [7, 11) is 0. The molecule has 4 rings (SSSR count). The smallest absolute Gasteiger partial charge is 0.267 e. The predicted octanol–water partition coefficient (Wildman–Crippen LogP) is 3.25. The largest absolute Gasteiger partial charge is 0.376 e. The van der Waals surface area contributed by atoms with E-state index in [1.807, 2.05) is 13.0 Å². The molecule has 1 spiro atoms. The number of guanidine groups is 1. The minimum absolute atomic E-state index is 0.0284. The van der Waals surface area contributed by atoms with Gasteiger partial charge < -0.3 is 15.4 Å². The molecule has 3 atom stereocenters. The second kappa shape index (κ2) is 7.95. The molecule has 0 aromatic heterocycles. The number of likely N-dealkylation sites (tertiary alicyclic amines) is 1. The number of hydrogen-bond donors (Lipinski definition) is 1. The molecule has 2 saturated heterocycles. The second-order valence-electron chi connectivity index (χ2n) is 7.51. The van der Waals surface area contributed by atoms with Crippen LogP contribution in [-0.4, -0.2) is 60.1 Å². The Morgan fingerprint density at radius 1 is 1.32 bits per heavy atom. The summed E-state index contributed by atoms with van der Waals surface area (Å²) in [6.07, 6.45) is 3.56. The molecule has 9 heteroatoms. The molecule has 2 N–H and O–H groups in total. The van der Waals surface area contributed by atoms with Crippen molar-refractivity contribution in [3.05, 3.63) is 28.2 Å². The van der Waals surface area contributed by atoms with E-state index >= 15 is 0 Å². The fourth-order valence-electron chi connectivity index (χ4n) is 3.96. The van der Waals surface area contributed by atoms with Crippen molar-refractivity contribution in [2.75, 3.05) is 19.7 Å². The van der Waals surface area contributed by atoms with E-state index in [-0.39, 0.29) is 23.5 Å². The molecule has 0 bridgehead atoms. The number of carbonyl (C=O) groups is 1. The van der Waals surface area contributed by atoms with Gasteiger partial charge in [0.1, 0.15) is 5.25 Å². The van der Waals surface area contributed by atoms with Crippen molar-refractivity contribution in [1.29, 1.82) is 0 Å². The molecule has 0 aliphatic carbocycles. The Hall–Kier alpha value is -1.12. The van der Waals surface area contributed by atoms with Crippen molar-refractivity contribution < 1.29 is 9.53 Å². The fraction of sp³-hybridized carbons (Fsp3) is 0.526. The Balaban J connectivity index is 1.39. The number of aliphatic imine (C=N–C) groups is 2. The average molecular weight is 441 g/mol. The summed E-state index contributed by atoms with van der Waals surface area (Å²) in [4.78, 5) is 24.0. The molecular formula is C19H22Cl2N4O2S. The van der Waals surface area contributed by atoms with Crippen LogP contribution >= 0.6 is 35.0 Å². The van der Waals surface area contributed by atoms with Crippen LogP contribution in [0.4, 0.5) is 0 Å². The summed E-state index contributed by atoms with van der Waals surface area (Å²) in [5, 5.41) is 0.394. The molecule has 1 amide bonds. The quantitative estimate of drug-likeness (QED) is 0.762. The van der Waals surface area contributed by atoms with Gasteiger partial charge in [0, 0.05) is 35.7 Å². The summed E-state index contributed by atoms with van der Waals surface area (Å²) >= 11 is 13.6. The zero-order valence-corrected chi connectivity index (χ0v) is 17.8. The third kappa shape index (κ3) is 3.71. The van der Waals surface area contributed by atoms with Gasteiger partial charge in [-0.2, -0.15) is 4.99 Å². The van der Waals surface area contributed by atoms with Crippen LogP contribution in [-0.2, 0) is 9.53 Å². The summed E-state index contributed by atoms with van der Waals surface area (Å²) in [5.74, 6) is 0.246. The first kappa shape index (κ1) is 20.2. The van der Waals surface area contributed by atoms with Gasteiger partial charge >= 0.3 is 0 Å². The number of thioether (sulfide) groups is 1. The predicted molar refractivity (Wildman–Crippen MR) is 114 cm³/mol. The maximum Gasteiger partial charge on any atom is 0.267 e. The number of carbonyl (C=O) groups excluding carboxylic acids is 1. The molecule has 3 aliphatic rings.